The molecule has 3 rings (SSSR count). The van der Waals surface area contributed by atoms with Gasteiger partial charge in [0, 0.05) is 39.3 Å². The first kappa shape index (κ1) is 18.5. The number of tetrazole rings is 1. The topological polar surface area (TPSA) is 59.3 Å². The minimum absolute atomic E-state index is 0.256. The maximum atomic E-state index is 5.78. The Hall–Kier alpha value is -1.31. The fourth-order valence-corrected chi connectivity index (χ4v) is 3.87. The SMILES string of the molecule is C=CCN1CCN(C(CC(C)C)c2nnnn2CC2CCCO2)CC1. The van der Waals surface area contributed by atoms with Crippen molar-refractivity contribution in [3.8, 4) is 0 Å². The molecule has 1 aromatic rings. The molecule has 25 heavy (non-hydrogen) atoms. The average Bonchev–Trinajstić information content (AvgIpc) is 3.26. The zero-order valence-electron chi connectivity index (χ0n) is 15.7. The van der Waals surface area contributed by atoms with Gasteiger partial charge in [-0.2, -0.15) is 0 Å². The van der Waals surface area contributed by atoms with E-state index < -0.39 is 0 Å². The largest absolute Gasteiger partial charge is 0.376 e. The Morgan fingerprint density at radius 2 is 2.08 bits per heavy atom. The molecular weight excluding hydrogens is 316 g/mol. The predicted octanol–water partition coefficient (Wildman–Crippen LogP) is 1.74. The second-order valence-corrected chi connectivity index (χ2v) is 7.62. The summed E-state index contributed by atoms with van der Waals surface area (Å²) in [5, 5.41) is 12.7. The molecule has 0 N–H and O–H groups in total. The summed E-state index contributed by atoms with van der Waals surface area (Å²) in [6.07, 6.45) is 5.57. The molecule has 0 aromatic carbocycles. The van der Waals surface area contributed by atoms with Crippen LogP contribution in [-0.2, 0) is 11.3 Å². The smallest absolute Gasteiger partial charge is 0.168 e. The lowest BCUT2D eigenvalue weighted by Crippen LogP contribution is -2.48. The van der Waals surface area contributed by atoms with Crippen LogP contribution in [0.3, 0.4) is 0 Å². The van der Waals surface area contributed by atoms with Gasteiger partial charge in [0.1, 0.15) is 0 Å². The van der Waals surface area contributed by atoms with Gasteiger partial charge in [-0.1, -0.05) is 19.9 Å². The minimum Gasteiger partial charge on any atom is -0.376 e. The molecule has 0 spiro atoms. The van der Waals surface area contributed by atoms with Crippen LogP contribution in [0.2, 0.25) is 0 Å². The van der Waals surface area contributed by atoms with Crippen LogP contribution in [0.1, 0.15) is 45.0 Å². The number of nitrogens with zero attached hydrogens (tertiary/aromatic N) is 6. The van der Waals surface area contributed by atoms with Crippen molar-refractivity contribution in [3.63, 3.8) is 0 Å². The summed E-state index contributed by atoms with van der Waals surface area (Å²) in [6, 6.07) is 0.280. The number of hydrogen-bond acceptors (Lipinski definition) is 6. The van der Waals surface area contributed by atoms with Crippen LogP contribution in [0.25, 0.3) is 0 Å². The molecule has 2 unspecified atom stereocenters. The second-order valence-electron chi connectivity index (χ2n) is 7.62. The van der Waals surface area contributed by atoms with E-state index in [1.165, 1.54) is 0 Å². The first-order valence-electron chi connectivity index (χ1n) is 9.62. The molecule has 1 aromatic heterocycles. The molecule has 7 heteroatoms. The maximum Gasteiger partial charge on any atom is 0.168 e. The fourth-order valence-electron chi connectivity index (χ4n) is 3.87. The van der Waals surface area contributed by atoms with Gasteiger partial charge in [-0.25, -0.2) is 4.68 Å². The van der Waals surface area contributed by atoms with Crippen molar-refractivity contribution in [1.29, 1.82) is 0 Å². The highest BCUT2D eigenvalue weighted by atomic mass is 16.5. The van der Waals surface area contributed by atoms with Gasteiger partial charge in [-0.3, -0.25) is 9.80 Å². The van der Waals surface area contributed by atoms with E-state index in [0.717, 1.165) is 71.0 Å². The van der Waals surface area contributed by atoms with Gasteiger partial charge in [0.2, 0.25) is 0 Å². The molecule has 0 radical (unpaired) electrons. The van der Waals surface area contributed by atoms with Gasteiger partial charge in [0.25, 0.3) is 0 Å². The molecule has 0 saturated carbocycles. The summed E-state index contributed by atoms with van der Waals surface area (Å²) in [4.78, 5) is 5.00. The van der Waals surface area contributed by atoms with E-state index in [4.69, 9.17) is 4.74 Å². The van der Waals surface area contributed by atoms with Crippen molar-refractivity contribution in [1.82, 2.24) is 30.0 Å². The van der Waals surface area contributed by atoms with Crippen LogP contribution in [0.5, 0.6) is 0 Å². The summed E-state index contributed by atoms with van der Waals surface area (Å²) >= 11 is 0. The molecule has 7 nitrogen and oxygen atoms in total. The molecule has 2 fully saturated rings. The van der Waals surface area contributed by atoms with E-state index in [9.17, 15) is 0 Å². The highest BCUT2D eigenvalue weighted by Gasteiger charge is 2.30. The molecule has 0 bridgehead atoms. The number of ether oxygens (including phenoxy) is 1. The molecule has 0 aliphatic carbocycles. The van der Waals surface area contributed by atoms with Gasteiger partial charge in [0.05, 0.1) is 18.7 Å². The van der Waals surface area contributed by atoms with E-state index >= 15 is 0 Å². The maximum absolute atomic E-state index is 5.78. The molecule has 3 heterocycles. The normalized spacial score (nSPS) is 24.0. The monoisotopic (exact) mass is 348 g/mol. The third-order valence-electron chi connectivity index (χ3n) is 5.19. The average molecular weight is 348 g/mol. The van der Waals surface area contributed by atoms with Crippen molar-refractivity contribution in [3.05, 3.63) is 18.5 Å². The number of rotatable bonds is 8. The molecule has 2 aliphatic heterocycles. The minimum atomic E-state index is 0.256. The van der Waals surface area contributed by atoms with E-state index in [2.05, 4.69) is 45.8 Å². The fraction of sp³-hybridized carbons (Fsp3) is 0.833. The van der Waals surface area contributed by atoms with Crippen LogP contribution in [0.4, 0.5) is 0 Å². The predicted molar refractivity (Wildman–Crippen MR) is 97.2 cm³/mol. The number of hydrogen-bond donors (Lipinski definition) is 0. The molecule has 2 saturated heterocycles. The van der Waals surface area contributed by atoms with Crippen LogP contribution in [0, 0.1) is 5.92 Å². The summed E-state index contributed by atoms with van der Waals surface area (Å²) in [7, 11) is 0. The summed E-state index contributed by atoms with van der Waals surface area (Å²) < 4.78 is 7.77. The summed E-state index contributed by atoms with van der Waals surface area (Å²) in [6.45, 7) is 15.3. The van der Waals surface area contributed by atoms with Gasteiger partial charge in [0.15, 0.2) is 5.82 Å². The van der Waals surface area contributed by atoms with Gasteiger partial charge in [-0.15, -0.1) is 11.7 Å². The van der Waals surface area contributed by atoms with Crippen molar-refractivity contribution >= 4 is 0 Å². The third kappa shape index (κ3) is 4.86. The van der Waals surface area contributed by atoms with E-state index in [-0.39, 0.29) is 12.1 Å². The van der Waals surface area contributed by atoms with Crippen molar-refractivity contribution in [2.75, 3.05) is 39.3 Å². The Labute approximate surface area is 151 Å². The standard InChI is InChI=1S/C18H32N6O/c1-4-7-22-8-10-23(11-9-22)17(13-15(2)3)18-19-20-21-24(18)14-16-6-5-12-25-16/h4,15-17H,1,5-14H2,2-3H3. The Kier molecular flexibility index (Phi) is 6.56. The Bertz CT molecular complexity index is 531. The van der Waals surface area contributed by atoms with Crippen LogP contribution in [-0.4, -0.2) is 75.4 Å². The summed E-state index contributed by atoms with van der Waals surface area (Å²) in [5.74, 6) is 1.60. The van der Waals surface area contributed by atoms with E-state index in [0.29, 0.717) is 5.92 Å². The molecular formula is C18H32N6O. The first-order valence-corrected chi connectivity index (χ1v) is 9.62. The summed E-state index contributed by atoms with van der Waals surface area (Å²) in [5.41, 5.74) is 0. The highest BCUT2D eigenvalue weighted by Crippen LogP contribution is 2.28. The molecule has 140 valence electrons. The van der Waals surface area contributed by atoms with Crippen molar-refractivity contribution in [2.24, 2.45) is 5.92 Å². The van der Waals surface area contributed by atoms with Crippen LogP contribution in [0.15, 0.2) is 12.7 Å². The Morgan fingerprint density at radius 3 is 2.72 bits per heavy atom. The van der Waals surface area contributed by atoms with Crippen molar-refractivity contribution in [2.45, 2.75) is 51.8 Å². The van der Waals surface area contributed by atoms with E-state index in [1.54, 1.807) is 0 Å². The first-order chi connectivity index (χ1) is 12.2. The molecule has 2 aliphatic rings. The van der Waals surface area contributed by atoms with Crippen molar-refractivity contribution < 1.29 is 4.74 Å². The van der Waals surface area contributed by atoms with Gasteiger partial charge >= 0.3 is 0 Å². The van der Waals surface area contributed by atoms with Crippen LogP contribution < -0.4 is 0 Å². The van der Waals surface area contributed by atoms with Gasteiger partial charge < -0.3 is 4.74 Å². The second kappa shape index (κ2) is 8.87. The quantitative estimate of drug-likeness (QED) is 0.667. The molecule has 0 amide bonds. The zero-order valence-corrected chi connectivity index (χ0v) is 15.7. The Morgan fingerprint density at radius 1 is 1.28 bits per heavy atom. The third-order valence-corrected chi connectivity index (χ3v) is 5.19. The lowest BCUT2D eigenvalue weighted by Gasteiger charge is -2.39. The Balaban J connectivity index is 1.70. The zero-order chi connectivity index (χ0) is 17.6. The van der Waals surface area contributed by atoms with Gasteiger partial charge in [-0.05, 0) is 35.6 Å². The molecule has 2 atom stereocenters. The van der Waals surface area contributed by atoms with E-state index in [1.807, 2.05) is 10.8 Å². The number of aromatic nitrogens is 4. The lowest BCUT2D eigenvalue weighted by molar-refractivity contribution is 0.0756. The lowest BCUT2D eigenvalue weighted by atomic mass is 10.0. The number of piperazine rings is 1. The van der Waals surface area contributed by atoms with Crippen LogP contribution >= 0.6 is 0 Å². The highest BCUT2D eigenvalue weighted by molar-refractivity contribution is 4.96.